The van der Waals surface area contributed by atoms with Gasteiger partial charge in [-0.2, -0.15) is 0 Å². The van der Waals surface area contributed by atoms with Gasteiger partial charge < -0.3 is 29.7 Å². The molecule has 0 atom stereocenters. The Bertz CT molecular complexity index is 804. The third-order valence-electron chi connectivity index (χ3n) is 4.08. The maximum absolute atomic E-state index is 12.4. The summed E-state index contributed by atoms with van der Waals surface area (Å²) in [6.45, 7) is 4.83. The molecule has 0 aliphatic carbocycles. The van der Waals surface area contributed by atoms with Crippen LogP contribution >= 0.6 is 0 Å². The highest BCUT2D eigenvalue weighted by atomic mass is 16.7. The number of carbonyl (C=O) groups excluding carboxylic acids is 2. The van der Waals surface area contributed by atoms with Gasteiger partial charge in [-0.15, -0.1) is 0 Å². The lowest BCUT2D eigenvalue weighted by Crippen LogP contribution is -2.36. The number of urea groups is 1. The lowest BCUT2D eigenvalue weighted by atomic mass is 10.2. The summed E-state index contributed by atoms with van der Waals surface area (Å²) < 4.78 is 15.1. The number of rotatable bonds is 5. The molecule has 2 amide bonds. The van der Waals surface area contributed by atoms with Crippen LogP contribution in [0.4, 0.5) is 26.7 Å². The van der Waals surface area contributed by atoms with E-state index in [2.05, 4.69) is 15.5 Å². The van der Waals surface area contributed by atoms with Crippen LogP contribution in [0.15, 0.2) is 48.5 Å². The first-order chi connectivity index (χ1) is 13.7. The Labute approximate surface area is 163 Å². The summed E-state index contributed by atoms with van der Waals surface area (Å²) >= 11 is 0. The fourth-order valence-corrected chi connectivity index (χ4v) is 2.79. The Kier molecular flexibility index (Phi) is 6.69. The molecule has 2 aromatic rings. The summed E-state index contributed by atoms with van der Waals surface area (Å²) in [5, 5.41) is 5.64. The zero-order valence-electron chi connectivity index (χ0n) is 15.6. The molecule has 3 rings (SSSR count). The predicted molar refractivity (Wildman–Crippen MR) is 106 cm³/mol. The van der Waals surface area contributed by atoms with E-state index >= 15 is 0 Å². The zero-order chi connectivity index (χ0) is 19.8. The number of carbonyl (C=O) groups is 2. The van der Waals surface area contributed by atoms with Crippen molar-refractivity contribution < 1.29 is 23.8 Å². The van der Waals surface area contributed by atoms with Crippen molar-refractivity contribution in [3.8, 4) is 5.75 Å². The molecule has 148 valence electrons. The molecule has 0 radical (unpaired) electrons. The molecule has 8 nitrogen and oxygen atoms in total. The smallest absolute Gasteiger partial charge is 0.434 e. The molecule has 1 aliphatic heterocycles. The van der Waals surface area contributed by atoms with E-state index in [1.165, 1.54) is 0 Å². The second-order valence-corrected chi connectivity index (χ2v) is 6.01. The maximum Gasteiger partial charge on any atom is 0.513 e. The highest BCUT2D eigenvalue weighted by Crippen LogP contribution is 2.26. The minimum atomic E-state index is -0.763. The summed E-state index contributed by atoms with van der Waals surface area (Å²) in [7, 11) is 0. The second-order valence-electron chi connectivity index (χ2n) is 6.01. The standard InChI is InChI=1S/C20H23N3O5/c1-2-27-20(25)28-16-9-7-15(8-10-16)21-19(24)22-17-5-3-4-6-18(17)23-11-13-26-14-12-23/h3-10H,2,11-14H2,1H3,(H2,21,22,24). The van der Waals surface area contributed by atoms with Crippen molar-refractivity contribution in [1.29, 1.82) is 0 Å². The molecule has 1 aliphatic rings. The lowest BCUT2D eigenvalue weighted by Gasteiger charge is -2.30. The monoisotopic (exact) mass is 385 g/mol. The van der Waals surface area contributed by atoms with E-state index in [1.54, 1.807) is 31.2 Å². The van der Waals surface area contributed by atoms with E-state index in [-0.39, 0.29) is 12.6 Å². The maximum atomic E-state index is 12.4. The largest absolute Gasteiger partial charge is 0.513 e. The van der Waals surface area contributed by atoms with Crippen molar-refractivity contribution in [3.63, 3.8) is 0 Å². The van der Waals surface area contributed by atoms with Gasteiger partial charge in [-0.25, -0.2) is 9.59 Å². The number of morpholine rings is 1. The Morgan fingerprint density at radius 3 is 2.46 bits per heavy atom. The number of nitrogens with zero attached hydrogens (tertiary/aromatic N) is 1. The van der Waals surface area contributed by atoms with Gasteiger partial charge in [0.25, 0.3) is 0 Å². The van der Waals surface area contributed by atoms with Gasteiger partial charge in [-0.05, 0) is 43.3 Å². The van der Waals surface area contributed by atoms with Crippen LogP contribution in [0, 0.1) is 0 Å². The van der Waals surface area contributed by atoms with E-state index in [0.717, 1.165) is 24.5 Å². The molecule has 1 fully saturated rings. The van der Waals surface area contributed by atoms with Crippen LogP contribution in [-0.4, -0.2) is 45.1 Å². The van der Waals surface area contributed by atoms with Crippen LogP contribution in [-0.2, 0) is 9.47 Å². The Morgan fingerprint density at radius 1 is 1.04 bits per heavy atom. The van der Waals surface area contributed by atoms with Crippen LogP contribution in [0.25, 0.3) is 0 Å². The van der Waals surface area contributed by atoms with Gasteiger partial charge in [0.05, 0.1) is 31.2 Å². The number of ether oxygens (including phenoxy) is 3. The summed E-state index contributed by atoms with van der Waals surface area (Å²) in [4.78, 5) is 25.9. The van der Waals surface area contributed by atoms with Gasteiger partial charge in [0, 0.05) is 18.8 Å². The van der Waals surface area contributed by atoms with Crippen molar-refractivity contribution in [2.24, 2.45) is 0 Å². The number of nitrogens with one attached hydrogen (secondary N) is 2. The quantitative estimate of drug-likeness (QED) is 0.603. The van der Waals surface area contributed by atoms with E-state index in [4.69, 9.17) is 14.2 Å². The number of anilines is 3. The molecular formula is C20H23N3O5. The van der Waals surface area contributed by atoms with Gasteiger partial charge in [0.15, 0.2) is 0 Å². The van der Waals surface area contributed by atoms with Gasteiger partial charge in [0.1, 0.15) is 5.75 Å². The topological polar surface area (TPSA) is 89.1 Å². The van der Waals surface area contributed by atoms with E-state index in [0.29, 0.717) is 24.7 Å². The molecule has 2 aromatic carbocycles. The third-order valence-corrected chi connectivity index (χ3v) is 4.08. The number of benzene rings is 2. The van der Waals surface area contributed by atoms with Gasteiger partial charge in [-0.1, -0.05) is 12.1 Å². The molecule has 0 saturated carbocycles. The first-order valence-corrected chi connectivity index (χ1v) is 9.10. The van der Waals surface area contributed by atoms with Gasteiger partial charge in [-0.3, -0.25) is 0 Å². The first kappa shape index (κ1) is 19.5. The van der Waals surface area contributed by atoms with Crippen molar-refractivity contribution in [2.45, 2.75) is 6.92 Å². The van der Waals surface area contributed by atoms with Crippen LogP contribution in [0.2, 0.25) is 0 Å². The highest BCUT2D eigenvalue weighted by molar-refractivity contribution is 6.01. The number of hydrogen-bond acceptors (Lipinski definition) is 6. The fraction of sp³-hybridized carbons (Fsp3) is 0.300. The van der Waals surface area contributed by atoms with Crippen molar-refractivity contribution in [2.75, 3.05) is 48.4 Å². The minimum absolute atomic E-state index is 0.241. The Morgan fingerprint density at radius 2 is 1.75 bits per heavy atom. The van der Waals surface area contributed by atoms with Crippen molar-refractivity contribution in [3.05, 3.63) is 48.5 Å². The SMILES string of the molecule is CCOC(=O)Oc1ccc(NC(=O)Nc2ccccc2N2CCOCC2)cc1. The second kappa shape index (κ2) is 9.61. The first-order valence-electron chi connectivity index (χ1n) is 9.10. The lowest BCUT2D eigenvalue weighted by molar-refractivity contribution is 0.104. The van der Waals surface area contributed by atoms with E-state index in [1.807, 2.05) is 24.3 Å². The van der Waals surface area contributed by atoms with Crippen LogP contribution in [0.5, 0.6) is 5.75 Å². The van der Waals surface area contributed by atoms with Gasteiger partial charge >= 0.3 is 12.2 Å². The Balaban J connectivity index is 1.59. The molecule has 0 bridgehead atoms. The molecule has 28 heavy (non-hydrogen) atoms. The molecule has 0 unspecified atom stereocenters. The molecule has 0 spiro atoms. The third kappa shape index (κ3) is 5.37. The van der Waals surface area contributed by atoms with E-state index in [9.17, 15) is 9.59 Å². The summed E-state index contributed by atoms with van der Waals surface area (Å²) in [6.07, 6.45) is -0.763. The summed E-state index contributed by atoms with van der Waals surface area (Å²) in [5.74, 6) is 0.335. The van der Waals surface area contributed by atoms with E-state index < -0.39 is 6.16 Å². The fourth-order valence-electron chi connectivity index (χ4n) is 2.79. The van der Waals surface area contributed by atoms with Gasteiger partial charge in [0.2, 0.25) is 0 Å². The number of para-hydroxylation sites is 2. The van der Waals surface area contributed by atoms with Crippen LogP contribution in [0.3, 0.4) is 0 Å². The Hall–Kier alpha value is -3.26. The molecule has 1 saturated heterocycles. The molecule has 0 aromatic heterocycles. The number of amides is 2. The van der Waals surface area contributed by atoms with Crippen molar-refractivity contribution >= 4 is 29.2 Å². The zero-order valence-corrected chi connectivity index (χ0v) is 15.6. The molecular weight excluding hydrogens is 362 g/mol. The molecule has 2 N–H and O–H groups in total. The normalized spacial score (nSPS) is 13.5. The van der Waals surface area contributed by atoms with Crippen molar-refractivity contribution in [1.82, 2.24) is 0 Å². The highest BCUT2D eigenvalue weighted by Gasteiger charge is 2.15. The molecule has 8 heteroatoms. The van der Waals surface area contributed by atoms with Crippen LogP contribution in [0.1, 0.15) is 6.92 Å². The summed E-state index contributed by atoms with van der Waals surface area (Å²) in [6, 6.07) is 13.7. The van der Waals surface area contributed by atoms with Crippen LogP contribution < -0.4 is 20.3 Å². The average Bonchev–Trinajstić information content (AvgIpc) is 2.71. The predicted octanol–water partition coefficient (Wildman–Crippen LogP) is 3.70. The average molecular weight is 385 g/mol. The summed E-state index contributed by atoms with van der Waals surface area (Å²) in [5.41, 5.74) is 2.25. The molecule has 1 heterocycles. The number of hydrogen-bond donors (Lipinski definition) is 2. The minimum Gasteiger partial charge on any atom is -0.434 e.